The van der Waals surface area contributed by atoms with Crippen molar-refractivity contribution in [3.63, 3.8) is 0 Å². The summed E-state index contributed by atoms with van der Waals surface area (Å²) in [5.74, 6) is -0.00871. The molecule has 1 amide bonds. The maximum absolute atomic E-state index is 12.5. The highest BCUT2D eigenvalue weighted by Crippen LogP contribution is 2.18. The van der Waals surface area contributed by atoms with Crippen molar-refractivity contribution in [2.45, 2.75) is 13.3 Å². The van der Waals surface area contributed by atoms with E-state index in [0.29, 0.717) is 31.7 Å². The molecule has 116 valence electrons. The summed E-state index contributed by atoms with van der Waals surface area (Å²) in [6, 6.07) is 5.44. The fourth-order valence-corrected chi connectivity index (χ4v) is 2.02. The summed E-state index contributed by atoms with van der Waals surface area (Å²) in [6.07, 6.45) is 0.307. The van der Waals surface area contributed by atoms with Crippen LogP contribution in [0.2, 0.25) is 0 Å². The first-order chi connectivity index (χ1) is 9.99. The molecule has 0 bridgehead atoms. The number of amides is 1. The number of benzene rings is 1. The molecule has 0 saturated carbocycles. The molecule has 0 heterocycles. The number of amidine groups is 1. The first-order valence-electron chi connectivity index (χ1n) is 6.50. The molecule has 0 spiro atoms. The number of nitrogens with zero attached hydrogens (tertiary/aromatic N) is 2. The molecule has 0 atom stereocenters. The molecule has 6 nitrogen and oxygen atoms in total. The van der Waals surface area contributed by atoms with Gasteiger partial charge in [-0.15, -0.1) is 0 Å². The van der Waals surface area contributed by atoms with Gasteiger partial charge >= 0.3 is 0 Å². The Bertz CT molecular complexity index is 520. The van der Waals surface area contributed by atoms with Crippen molar-refractivity contribution in [1.82, 2.24) is 4.90 Å². The van der Waals surface area contributed by atoms with E-state index in [1.165, 1.54) is 0 Å². The number of hydrogen-bond donors (Lipinski definition) is 2. The zero-order chi connectivity index (χ0) is 15.8. The van der Waals surface area contributed by atoms with Crippen LogP contribution in [0.25, 0.3) is 0 Å². The minimum Gasteiger partial charge on any atom is -0.409 e. The van der Waals surface area contributed by atoms with Crippen molar-refractivity contribution in [1.29, 1.82) is 0 Å². The molecule has 3 N–H and O–H groups in total. The molecule has 1 aromatic rings. The monoisotopic (exact) mass is 357 g/mol. The van der Waals surface area contributed by atoms with Gasteiger partial charge in [0.1, 0.15) is 5.84 Å². The first kappa shape index (κ1) is 17.5. The van der Waals surface area contributed by atoms with E-state index in [1.54, 1.807) is 18.1 Å². The molecule has 0 saturated heterocycles. The van der Waals surface area contributed by atoms with Crippen LogP contribution in [-0.2, 0) is 4.74 Å². The van der Waals surface area contributed by atoms with Gasteiger partial charge in [0.05, 0.1) is 6.61 Å². The Hall–Kier alpha value is -1.60. The van der Waals surface area contributed by atoms with E-state index in [-0.39, 0.29) is 11.7 Å². The Morgan fingerprint density at radius 3 is 2.76 bits per heavy atom. The highest BCUT2D eigenvalue weighted by Gasteiger charge is 2.16. The Balaban J connectivity index is 2.84. The number of hydrogen-bond acceptors (Lipinski definition) is 4. The number of halogens is 1. The summed E-state index contributed by atoms with van der Waals surface area (Å²) >= 11 is 3.41. The molecule has 0 aliphatic heterocycles. The average molecular weight is 358 g/mol. The van der Waals surface area contributed by atoms with E-state index in [0.717, 1.165) is 10.0 Å². The summed E-state index contributed by atoms with van der Waals surface area (Å²) < 4.78 is 5.98. The van der Waals surface area contributed by atoms with E-state index in [9.17, 15) is 4.79 Å². The molecule has 0 unspecified atom stereocenters. The molecule has 0 fully saturated rings. The Labute approximate surface area is 132 Å². The lowest BCUT2D eigenvalue weighted by Crippen LogP contribution is -2.36. The van der Waals surface area contributed by atoms with Crippen LogP contribution >= 0.6 is 15.9 Å². The zero-order valence-corrected chi connectivity index (χ0v) is 13.8. The minimum atomic E-state index is -0.103. The fourth-order valence-electron chi connectivity index (χ4n) is 1.78. The van der Waals surface area contributed by atoms with Crippen LogP contribution in [-0.4, -0.2) is 48.7 Å². The standard InChI is InChI=1S/C14H20BrN3O3/c1-10-9-11(3-4-12(10)15)14(19)18(7-8-21-2)6-5-13(16)17-20/h3-4,9,20H,5-8H2,1-2H3,(H2,16,17). The molecule has 21 heavy (non-hydrogen) atoms. The van der Waals surface area contributed by atoms with Gasteiger partial charge in [0, 0.05) is 36.7 Å². The van der Waals surface area contributed by atoms with Gasteiger partial charge in [-0.25, -0.2) is 0 Å². The first-order valence-corrected chi connectivity index (χ1v) is 7.29. The molecular formula is C14H20BrN3O3. The number of aryl methyl sites for hydroxylation is 1. The second kappa shape index (κ2) is 8.63. The minimum absolute atomic E-state index is 0.0946. The molecule has 1 rings (SSSR count). The van der Waals surface area contributed by atoms with Crippen LogP contribution in [0.3, 0.4) is 0 Å². The smallest absolute Gasteiger partial charge is 0.253 e. The van der Waals surface area contributed by atoms with Gasteiger partial charge in [0.15, 0.2) is 0 Å². The number of carbonyl (C=O) groups excluding carboxylic acids is 1. The lowest BCUT2D eigenvalue weighted by Gasteiger charge is -2.22. The number of ether oxygens (including phenoxy) is 1. The van der Waals surface area contributed by atoms with Gasteiger partial charge in [0.25, 0.3) is 5.91 Å². The Morgan fingerprint density at radius 2 is 2.19 bits per heavy atom. The van der Waals surface area contributed by atoms with Gasteiger partial charge in [0.2, 0.25) is 0 Å². The van der Waals surface area contributed by atoms with Gasteiger partial charge in [-0.3, -0.25) is 4.79 Å². The largest absolute Gasteiger partial charge is 0.409 e. The van der Waals surface area contributed by atoms with E-state index >= 15 is 0 Å². The molecule has 0 aromatic heterocycles. The topological polar surface area (TPSA) is 88.2 Å². The third-order valence-corrected chi connectivity index (χ3v) is 3.91. The number of rotatable bonds is 7. The van der Waals surface area contributed by atoms with Gasteiger partial charge in [-0.1, -0.05) is 21.1 Å². The predicted octanol–water partition coefficient (Wildman–Crippen LogP) is 1.98. The van der Waals surface area contributed by atoms with E-state index in [4.69, 9.17) is 15.7 Å². The molecule has 0 aliphatic carbocycles. The lowest BCUT2D eigenvalue weighted by atomic mass is 10.1. The SMILES string of the molecule is COCCN(CC/C(N)=N/O)C(=O)c1ccc(Br)c(C)c1. The third-order valence-electron chi connectivity index (χ3n) is 3.02. The Kier molecular flexibility index (Phi) is 7.18. The maximum Gasteiger partial charge on any atom is 0.253 e. The fraction of sp³-hybridized carbons (Fsp3) is 0.429. The highest BCUT2D eigenvalue weighted by molar-refractivity contribution is 9.10. The Morgan fingerprint density at radius 1 is 1.48 bits per heavy atom. The van der Waals surface area contributed by atoms with Crippen LogP contribution in [0.5, 0.6) is 0 Å². The average Bonchev–Trinajstić information content (AvgIpc) is 2.49. The number of oxime groups is 1. The zero-order valence-electron chi connectivity index (χ0n) is 12.2. The van der Waals surface area contributed by atoms with Crippen LogP contribution in [0.4, 0.5) is 0 Å². The second-order valence-corrected chi connectivity index (χ2v) is 5.44. The maximum atomic E-state index is 12.5. The summed E-state index contributed by atoms with van der Waals surface area (Å²) in [6.45, 7) is 3.17. The molecule has 7 heteroatoms. The molecular weight excluding hydrogens is 338 g/mol. The summed E-state index contributed by atoms with van der Waals surface area (Å²) in [7, 11) is 1.58. The predicted molar refractivity (Wildman–Crippen MR) is 84.7 cm³/mol. The summed E-state index contributed by atoms with van der Waals surface area (Å²) in [4.78, 5) is 14.2. The van der Waals surface area contributed by atoms with Crippen molar-refractivity contribution in [3.05, 3.63) is 33.8 Å². The van der Waals surface area contributed by atoms with Gasteiger partial charge in [-0.05, 0) is 30.7 Å². The van der Waals surface area contributed by atoms with E-state index < -0.39 is 0 Å². The molecule has 1 aromatic carbocycles. The highest BCUT2D eigenvalue weighted by atomic mass is 79.9. The van der Waals surface area contributed by atoms with Crippen LogP contribution in [0, 0.1) is 6.92 Å². The van der Waals surface area contributed by atoms with Crippen LogP contribution < -0.4 is 5.73 Å². The van der Waals surface area contributed by atoms with Gasteiger partial charge in [-0.2, -0.15) is 0 Å². The summed E-state index contributed by atoms with van der Waals surface area (Å²) in [5.41, 5.74) is 7.05. The van der Waals surface area contributed by atoms with E-state index in [1.807, 2.05) is 19.1 Å². The van der Waals surface area contributed by atoms with Crippen LogP contribution in [0.1, 0.15) is 22.3 Å². The molecule has 0 radical (unpaired) electrons. The summed E-state index contributed by atoms with van der Waals surface area (Å²) in [5, 5.41) is 11.5. The van der Waals surface area contributed by atoms with Crippen molar-refractivity contribution < 1.29 is 14.7 Å². The van der Waals surface area contributed by atoms with Crippen molar-refractivity contribution in [2.75, 3.05) is 26.8 Å². The third kappa shape index (κ3) is 5.35. The molecule has 0 aliphatic rings. The number of nitrogens with two attached hydrogens (primary N) is 1. The van der Waals surface area contributed by atoms with Crippen molar-refractivity contribution in [2.24, 2.45) is 10.9 Å². The number of methoxy groups -OCH3 is 1. The van der Waals surface area contributed by atoms with Crippen molar-refractivity contribution >= 4 is 27.7 Å². The number of carbonyl (C=O) groups is 1. The lowest BCUT2D eigenvalue weighted by molar-refractivity contribution is 0.0700. The normalized spacial score (nSPS) is 11.5. The van der Waals surface area contributed by atoms with Crippen LogP contribution in [0.15, 0.2) is 27.8 Å². The quantitative estimate of drug-likeness (QED) is 0.338. The van der Waals surface area contributed by atoms with E-state index in [2.05, 4.69) is 21.1 Å². The van der Waals surface area contributed by atoms with Crippen molar-refractivity contribution in [3.8, 4) is 0 Å². The second-order valence-electron chi connectivity index (χ2n) is 4.59. The van der Waals surface area contributed by atoms with Gasteiger partial charge < -0.3 is 20.6 Å².